The van der Waals surface area contributed by atoms with Crippen molar-refractivity contribution in [1.82, 2.24) is 4.98 Å². The molecule has 9 heteroatoms. The number of aliphatic hydroxyl groups is 1. The van der Waals surface area contributed by atoms with Crippen LogP contribution in [0.1, 0.15) is 18.5 Å². The average molecular weight is 295 g/mol. The van der Waals surface area contributed by atoms with Gasteiger partial charge in [0, 0.05) is 25.8 Å². The van der Waals surface area contributed by atoms with Crippen molar-refractivity contribution in [2.24, 2.45) is 16.8 Å². The van der Waals surface area contributed by atoms with E-state index in [0.717, 1.165) is 12.8 Å². The van der Waals surface area contributed by atoms with Gasteiger partial charge in [0.25, 0.3) is 5.69 Å². The van der Waals surface area contributed by atoms with Crippen LogP contribution in [-0.4, -0.2) is 45.8 Å². The Kier molecular flexibility index (Phi) is 4.53. The Morgan fingerprint density at radius 2 is 2.19 bits per heavy atom. The molecule has 1 aromatic rings. The first-order chi connectivity index (χ1) is 10.1. The summed E-state index contributed by atoms with van der Waals surface area (Å²) in [5, 5.41) is 31.6. The van der Waals surface area contributed by atoms with Gasteiger partial charge in [-0.2, -0.15) is 0 Å². The quantitative estimate of drug-likeness (QED) is 0.238. The molecular weight excluding hydrogens is 278 g/mol. The molecule has 1 aromatic heterocycles. The zero-order valence-corrected chi connectivity index (χ0v) is 11.3. The third kappa shape index (κ3) is 3.19. The Morgan fingerprint density at radius 1 is 1.52 bits per heavy atom. The van der Waals surface area contributed by atoms with Crippen molar-refractivity contribution in [2.45, 2.75) is 12.8 Å². The molecule has 0 atom stereocenters. The lowest BCUT2D eigenvalue weighted by Crippen LogP contribution is -2.35. The lowest BCUT2D eigenvalue weighted by atomic mass is 9.98. The molecule has 1 saturated heterocycles. The van der Waals surface area contributed by atoms with Crippen LogP contribution in [0, 0.1) is 16.0 Å². The number of nitrogens with two attached hydrogens (primary N) is 1. The Hall–Kier alpha value is -2.42. The maximum absolute atomic E-state index is 10.9. The number of hydrogen-bond acceptors (Lipinski definition) is 7. The zero-order chi connectivity index (χ0) is 15.4. The molecule has 0 bridgehead atoms. The maximum Gasteiger partial charge on any atom is 0.298 e. The number of rotatable bonds is 4. The summed E-state index contributed by atoms with van der Waals surface area (Å²) >= 11 is 0. The fraction of sp³-hybridized carbons (Fsp3) is 0.500. The molecule has 9 nitrogen and oxygen atoms in total. The molecule has 0 spiro atoms. The first kappa shape index (κ1) is 15.0. The van der Waals surface area contributed by atoms with Crippen LogP contribution in [0.4, 0.5) is 11.5 Å². The second kappa shape index (κ2) is 6.35. The van der Waals surface area contributed by atoms with Crippen LogP contribution < -0.4 is 10.6 Å². The first-order valence-electron chi connectivity index (χ1n) is 6.56. The summed E-state index contributed by atoms with van der Waals surface area (Å²) in [5.41, 5.74) is 5.00. The topological polar surface area (TPSA) is 138 Å². The van der Waals surface area contributed by atoms with Crippen molar-refractivity contribution in [3.8, 4) is 0 Å². The van der Waals surface area contributed by atoms with Gasteiger partial charge in [0.2, 0.25) is 0 Å². The minimum Gasteiger partial charge on any atom is -0.409 e. The van der Waals surface area contributed by atoms with Gasteiger partial charge in [-0.15, -0.1) is 0 Å². The summed E-state index contributed by atoms with van der Waals surface area (Å²) in [6.07, 6.45) is 1.65. The largest absolute Gasteiger partial charge is 0.409 e. The van der Waals surface area contributed by atoms with Gasteiger partial charge in [-0.25, -0.2) is 4.98 Å². The van der Waals surface area contributed by atoms with E-state index in [1.165, 1.54) is 6.07 Å². The number of hydrogen-bond donors (Lipinski definition) is 3. The third-order valence-electron chi connectivity index (χ3n) is 3.60. The molecule has 2 rings (SSSR count). The second-order valence-corrected chi connectivity index (χ2v) is 4.89. The predicted octanol–water partition coefficient (Wildman–Crippen LogP) is 0.293. The summed E-state index contributed by atoms with van der Waals surface area (Å²) in [6, 6.07) is 2.85. The second-order valence-electron chi connectivity index (χ2n) is 4.89. The first-order valence-corrected chi connectivity index (χ1v) is 6.56. The van der Waals surface area contributed by atoms with Crippen molar-refractivity contribution in [2.75, 3.05) is 24.6 Å². The van der Waals surface area contributed by atoms with Crippen LogP contribution in [0.2, 0.25) is 0 Å². The number of aliphatic hydroxyl groups excluding tert-OH is 1. The number of amidine groups is 1. The van der Waals surface area contributed by atoms with Crippen molar-refractivity contribution < 1.29 is 15.2 Å². The summed E-state index contributed by atoms with van der Waals surface area (Å²) in [5.74, 6) is 0.426. The summed E-state index contributed by atoms with van der Waals surface area (Å²) in [7, 11) is 0. The van der Waals surface area contributed by atoms with Gasteiger partial charge >= 0.3 is 0 Å². The van der Waals surface area contributed by atoms with Gasteiger partial charge in [0.15, 0.2) is 11.5 Å². The summed E-state index contributed by atoms with van der Waals surface area (Å²) in [6.45, 7) is 1.56. The number of nitrogens with zero attached hydrogens (tertiary/aromatic N) is 4. The number of pyridine rings is 1. The molecule has 4 N–H and O–H groups in total. The highest BCUT2D eigenvalue weighted by Crippen LogP contribution is 2.25. The normalized spacial score (nSPS) is 17.0. The minimum atomic E-state index is -0.623. The van der Waals surface area contributed by atoms with Gasteiger partial charge in [-0.1, -0.05) is 5.16 Å². The Labute approximate surface area is 120 Å². The molecule has 1 fully saturated rings. The highest BCUT2D eigenvalue weighted by molar-refractivity contribution is 5.99. The SMILES string of the molecule is N/C(=N/O)c1nc(N2CCC(CO)CC2)ccc1[N+](=O)[O-]. The maximum atomic E-state index is 10.9. The van der Waals surface area contributed by atoms with E-state index in [0.29, 0.717) is 18.9 Å². The number of aromatic nitrogens is 1. The Balaban J connectivity index is 2.28. The Morgan fingerprint density at radius 3 is 2.71 bits per heavy atom. The van der Waals surface area contributed by atoms with Crippen molar-refractivity contribution in [3.63, 3.8) is 0 Å². The van der Waals surface area contributed by atoms with Gasteiger partial charge < -0.3 is 20.9 Å². The molecule has 21 heavy (non-hydrogen) atoms. The fourth-order valence-corrected chi connectivity index (χ4v) is 2.35. The van der Waals surface area contributed by atoms with E-state index in [2.05, 4.69) is 10.1 Å². The molecule has 2 heterocycles. The molecule has 0 aliphatic carbocycles. The average Bonchev–Trinajstić information content (AvgIpc) is 2.53. The number of anilines is 1. The molecule has 0 aromatic carbocycles. The van der Waals surface area contributed by atoms with Crippen molar-refractivity contribution >= 4 is 17.3 Å². The van der Waals surface area contributed by atoms with Crippen LogP contribution in [0.15, 0.2) is 17.3 Å². The number of nitro groups is 1. The van der Waals surface area contributed by atoms with E-state index in [4.69, 9.17) is 16.0 Å². The molecular formula is C12H17N5O4. The lowest BCUT2D eigenvalue weighted by Gasteiger charge is -2.32. The Bertz CT molecular complexity index is 555. The van der Waals surface area contributed by atoms with Crippen LogP contribution in [0.3, 0.4) is 0 Å². The summed E-state index contributed by atoms with van der Waals surface area (Å²) in [4.78, 5) is 16.4. The molecule has 0 amide bonds. The van der Waals surface area contributed by atoms with Crippen molar-refractivity contribution in [1.29, 1.82) is 0 Å². The van der Waals surface area contributed by atoms with Gasteiger partial charge in [0.05, 0.1) is 4.92 Å². The minimum absolute atomic E-state index is 0.149. The van der Waals surface area contributed by atoms with Gasteiger partial charge in [-0.3, -0.25) is 10.1 Å². The molecule has 0 unspecified atom stereocenters. The monoisotopic (exact) mass is 295 g/mol. The highest BCUT2D eigenvalue weighted by Gasteiger charge is 2.24. The van der Waals surface area contributed by atoms with E-state index in [9.17, 15) is 10.1 Å². The molecule has 0 saturated carbocycles. The fourth-order valence-electron chi connectivity index (χ4n) is 2.35. The number of piperidine rings is 1. The standard InChI is InChI=1S/C12H17N5O4/c13-12(15-19)11-9(17(20)21)1-2-10(14-11)16-5-3-8(7-18)4-6-16/h1-2,8,18-19H,3-7H2,(H2,13,15). The molecule has 0 radical (unpaired) electrons. The highest BCUT2D eigenvalue weighted by atomic mass is 16.6. The molecule has 1 aliphatic rings. The molecule has 1 aliphatic heterocycles. The van der Waals surface area contributed by atoms with Gasteiger partial charge in [-0.05, 0) is 24.8 Å². The number of oxime groups is 1. The predicted molar refractivity (Wildman–Crippen MR) is 75.4 cm³/mol. The third-order valence-corrected chi connectivity index (χ3v) is 3.60. The molecule has 114 valence electrons. The van der Waals surface area contributed by atoms with Gasteiger partial charge in [0.1, 0.15) is 5.82 Å². The smallest absolute Gasteiger partial charge is 0.298 e. The van der Waals surface area contributed by atoms with Crippen LogP contribution in [0.5, 0.6) is 0 Å². The zero-order valence-electron chi connectivity index (χ0n) is 11.3. The van der Waals surface area contributed by atoms with Crippen LogP contribution in [0.25, 0.3) is 0 Å². The lowest BCUT2D eigenvalue weighted by molar-refractivity contribution is -0.385. The van der Waals surface area contributed by atoms with E-state index in [1.807, 2.05) is 4.90 Å². The van der Waals surface area contributed by atoms with E-state index >= 15 is 0 Å². The van der Waals surface area contributed by atoms with Crippen molar-refractivity contribution in [3.05, 3.63) is 27.9 Å². The van der Waals surface area contributed by atoms with E-state index in [-0.39, 0.29) is 23.9 Å². The summed E-state index contributed by atoms with van der Waals surface area (Å²) < 4.78 is 0. The van der Waals surface area contributed by atoms with E-state index in [1.54, 1.807) is 6.07 Å². The van der Waals surface area contributed by atoms with E-state index < -0.39 is 10.8 Å². The van der Waals surface area contributed by atoms with Crippen LogP contribution in [-0.2, 0) is 0 Å². The van der Waals surface area contributed by atoms with Crippen LogP contribution >= 0.6 is 0 Å².